The van der Waals surface area contributed by atoms with Gasteiger partial charge in [-0.15, -0.1) is 0 Å². The molecule has 0 spiro atoms. The molecule has 6 heteroatoms. The molecule has 0 bridgehead atoms. The lowest BCUT2D eigenvalue weighted by atomic mass is 10.1. The highest BCUT2D eigenvalue weighted by molar-refractivity contribution is 5.86. The predicted octanol–water partition coefficient (Wildman–Crippen LogP) is 2.49. The fourth-order valence-electron chi connectivity index (χ4n) is 2.13. The molecule has 23 heavy (non-hydrogen) atoms. The molecule has 0 radical (unpaired) electrons. The molecule has 1 N–H and O–H groups in total. The third-order valence-corrected chi connectivity index (χ3v) is 3.30. The molecule has 0 saturated heterocycles. The summed E-state index contributed by atoms with van der Waals surface area (Å²) in [6, 6.07) is 15.2. The summed E-state index contributed by atoms with van der Waals surface area (Å²) in [5, 5.41) is 29.4. The molecule has 0 amide bonds. The number of benzene rings is 2. The van der Waals surface area contributed by atoms with Crippen molar-refractivity contribution in [2.24, 2.45) is 4.99 Å². The van der Waals surface area contributed by atoms with Gasteiger partial charge in [-0.25, -0.2) is 0 Å². The van der Waals surface area contributed by atoms with Crippen molar-refractivity contribution in [2.75, 3.05) is 6.61 Å². The highest BCUT2D eigenvalue weighted by Gasteiger charge is 2.13. The van der Waals surface area contributed by atoms with E-state index in [0.717, 1.165) is 5.56 Å². The van der Waals surface area contributed by atoms with Crippen molar-refractivity contribution in [3.05, 3.63) is 75.3 Å². The van der Waals surface area contributed by atoms with Gasteiger partial charge in [-0.05, 0) is 24.1 Å². The van der Waals surface area contributed by atoms with Crippen LogP contribution in [0.3, 0.4) is 0 Å². The Morgan fingerprint density at radius 2 is 2.04 bits per heavy atom. The third-order valence-electron chi connectivity index (χ3n) is 3.30. The summed E-state index contributed by atoms with van der Waals surface area (Å²) in [6.45, 7) is -0.170. The number of nitro groups is 1. The van der Waals surface area contributed by atoms with E-state index in [0.29, 0.717) is 12.0 Å². The topological polar surface area (TPSA) is 99.5 Å². The van der Waals surface area contributed by atoms with Gasteiger partial charge in [0.15, 0.2) is 0 Å². The number of nitriles is 1. The largest absolute Gasteiger partial charge is 0.394 e. The number of aliphatic hydroxyl groups is 1. The molecule has 0 aliphatic carbocycles. The number of rotatable bonds is 6. The Bertz CT molecular complexity index is 751. The first kappa shape index (κ1) is 16.3. The van der Waals surface area contributed by atoms with Crippen LogP contribution < -0.4 is 0 Å². The smallest absolute Gasteiger partial charge is 0.278 e. The standard InChI is InChI=1S/C17H15N3O3/c18-10-14-6-7-17(20(22)23)15(8-14)11-19-16(12-21)9-13-4-2-1-3-5-13/h1-8,11,16,21H,9,12H2/t16-/m1/s1. The lowest BCUT2D eigenvalue weighted by Crippen LogP contribution is -2.14. The van der Waals surface area contributed by atoms with E-state index < -0.39 is 11.0 Å². The van der Waals surface area contributed by atoms with Crippen molar-refractivity contribution in [3.63, 3.8) is 0 Å². The third kappa shape index (κ3) is 4.46. The molecule has 0 heterocycles. The lowest BCUT2D eigenvalue weighted by molar-refractivity contribution is -0.385. The van der Waals surface area contributed by atoms with Crippen LogP contribution in [-0.2, 0) is 6.42 Å². The Labute approximate surface area is 133 Å². The molecule has 0 saturated carbocycles. The van der Waals surface area contributed by atoms with Crippen molar-refractivity contribution >= 4 is 11.9 Å². The zero-order chi connectivity index (χ0) is 16.7. The Kier molecular flexibility index (Phi) is 5.56. The zero-order valence-corrected chi connectivity index (χ0v) is 12.3. The van der Waals surface area contributed by atoms with E-state index in [1.165, 1.54) is 24.4 Å². The van der Waals surface area contributed by atoms with Crippen LogP contribution in [0.5, 0.6) is 0 Å². The summed E-state index contributed by atoms with van der Waals surface area (Å²) in [7, 11) is 0. The molecule has 2 aromatic rings. The van der Waals surface area contributed by atoms with Crippen LogP contribution in [0.2, 0.25) is 0 Å². The van der Waals surface area contributed by atoms with Crippen LogP contribution >= 0.6 is 0 Å². The van der Waals surface area contributed by atoms with Crippen molar-refractivity contribution in [1.29, 1.82) is 5.26 Å². The maximum Gasteiger partial charge on any atom is 0.278 e. The first-order valence-electron chi connectivity index (χ1n) is 7.00. The Morgan fingerprint density at radius 3 is 2.65 bits per heavy atom. The molecule has 2 aromatic carbocycles. The van der Waals surface area contributed by atoms with E-state index in [1.54, 1.807) is 0 Å². The summed E-state index contributed by atoms with van der Waals surface area (Å²) in [5.74, 6) is 0. The first-order chi connectivity index (χ1) is 11.1. The van der Waals surface area contributed by atoms with E-state index in [9.17, 15) is 15.2 Å². The van der Waals surface area contributed by atoms with Gasteiger partial charge in [0.1, 0.15) is 0 Å². The molecule has 0 aliphatic rings. The second kappa shape index (κ2) is 7.82. The summed E-state index contributed by atoms with van der Waals surface area (Å²) in [6.07, 6.45) is 1.88. The molecular weight excluding hydrogens is 294 g/mol. The van der Waals surface area contributed by atoms with E-state index in [2.05, 4.69) is 4.99 Å². The van der Waals surface area contributed by atoms with E-state index in [-0.39, 0.29) is 17.9 Å². The summed E-state index contributed by atoms with van der Waals surface area (Å²) >= 11 is 0. The van der Waals surface area contributed by atoms with Crippen LogP contribution in [-0.4, -0.2) is 28.9 Å². The number of aliphatic hydroxyl groups excluding tert-OH is 1. The van der Waals surface area contributed by atoms with Crippen molar-refractivity contribution in [2.45, 2.75) is 12.5 Å². The number of nitrogens with zero attached hydrogens (tertiary/aromatic N) is 3. The van der Waals surface area contributed by atoms with Crippen LogP contribution in [0.15, 0.2) is 53.5 Å². The number of hydrogen-bond donors (Lipinski definition) is 1. The van der Waals surface area contributed by atoms with Gasteiger partial charge in [-0.2, -0.15) is 5.26 Å². The van der Waals surface area contributed by atoms with Crippen molar-refractivity contribution in [3.8, 4) is 6.07 Å². The summed E-state index contributed by atoms with van der Waals surface area (Å²) in [4.78, 5) is 14.8. The Balaban J connectivity index is 2.23. The minimum atomic E-state index is -0.520. The maximum absolute atomic E-state index is 11.0. The molecule has 0 aromatic heterocycles. The van der Waals surface area contributed by atoms with Crippen LogP contribution in [0.1, 0.15) is 16.7 Å². The second-order valence-electron chi connectivity index (χ2n) is 4.95. The summed E-state index contributed by atoms with van der Waals surface area (Å²) in [5.41, 5.74) is 1.47. The molecule has 0 unspecified atom stereocenters. The predicted molar refractivity (Wildman–Crippen MR) is 86.4 cm³/mol. The van der Waals surface area contributed by atoms with Gasteiger partial charge in [0.2, 0.25) is 0 Å². The van der Waals surface area contributed by atoms with Crippen LogP contribution in [0, 0.1) is 21.4 Å². The highest BCUT2D eigenvalue weighted by Crippen LogP contribution is 2.18. The van der Waals surface area contributed by atoms with Crippen LogP contribution in [0.4, 0.5) is 5.69 Å². The monoisotopic (exact) mass is 309 g/mol. The summed E-state index contributed by atoms with van der Waals surface area (Å²) < 4.78 is 0. The molecule has 6 nitrogen and oxygen atoms in total. The lowest BCUT2D eigenvalue weighted by Gasteiger charge is -2.09. The number of aliphatic imine (C=N–C) groups is 1. The number of hydrogen-bond acceptors (Lipinski definition) is 5. The minimum Gasteiger partial charge on any atom is -0.394 e. The average Bonchev–Trinajstić information content (AvgIpc) is 2.59. The molecule has 0 aliphatic heterocycles. The van der Waals surface area contributed by atoms with E-state index in [4.69, 9.17) is 5.26 Å². The van der Waals surface area contributed by atoms with Gasteiger partial charge in [-0.3, -0.25) is 15.1 Å². The normalized spacial score (nSPS) is 12.0. The molecule has 116 valence electrons. The SMILES string of the molecule is N#Cc1ccc([N+](=O)[O-])c(C=N[C@@H](CO)Cc2ccccc2)c1. The van der Waals surface area contributed by atoms with Gasteiger partial charge in [0, 0.05) is 12.3 Å². The maximum atomic E-state index is 11.0. The molecule has 1 atom stereocenters. The fourth-order valence-corrected chi connectivity index (χ4v) is 2.13. The Morgan fingerprint density at radius 1 is 1.30 bits per heavy atom. The molecule has 0 fully saturated rings. The Hall–Kier alpha value is -3.04. The highest BCUT2D eigenvalue weighted by atomic mass is 16.6. The average molecular weight is 309 g/mol. The van der Waals surface area contributed by atoms with Crippen molar-refractivity contribution < 1.29 is 10.0 Å². The van der Waals surface area contributed by atoms with Gasteiger partial charge in [-0.1, -0.05) is 30.3 Å². The van der Waals surface area contributed by atoms with Gasteiger partial charge in [0.05, 0.1) is 34.8 Å². The van der Waals surface area contributed by atoms with Crippen LogP contribution in [0.25, 0.3) is 0 Å². The first-order valence-corrected chi connectivity index (χ1v) is 7.00. The van der Waals surface area contributed by atoms with Gasteiger partial charge >= 0.3 is 0 Å². The van der Waals surface area contributed by atoms with Crippen molar-refractivity contribution in [1.82, 2.24) is 0 Å². The van der Waals surface area contributed by atoms with Gasteiger partial charge < -0.3 is 5.11 Å². The zero-order valence-electron chi connectivity index (χ0n) is 12.3. The minimum absolute atomic E-state index is 0.121. The van der Waals surface area contributed by atoms with Gasteiger partial charge in [0.25, 0.3) is 5.69 Å². The fraction of sp³-hybridized carbons (Fsp3) is 0.176. The molecule has 2 rings (SSSR count). The number of nitro benzene ring substituents is 1. The van der Waals surface area contributed by atoms with E-state index >= 15 is 0 Å². The van der Waals surface area contributed by atoms with E-state index in [1.807, 2.05) is 36.4 Å². The molecular formula is C17H15N3O3. The second-order valence-corrected chi connectivity index (χ2v) is 4.95. The quantitative estimate of drug-likeness (QED) is 0.503.